The zero-order valence-corrected chi connectivity index (χ0v) is 35.8. The Hall–Kier alpha value is -6.90. The molecule has 1 aliphatic heterocycles. The Morgan fingerprint density at radius 2 is 0.889 bits per heavy atom. The predicted octanol–water partition coefficient (Wildman–Crippen LogP) is 15.0. The van der Waals surface area contributed by atoms with Crippen molar-refractivity contribution in [1.29, 1.82) is 0 Å². The van der Waals surface area contributed by atoms with Crippen molar-refractivity contribution in [3.63, 3.8) is 0 Å². The molecule has 0 saturated carbocycles. The lowest BCUT2D eigenvalue weighted by atomic mass is 9.96. The van der Waals surface area contributed by atoms with Crippen molar-refractivity contribution in [3.8, 4) is 27.9 Å². The summed E-state index contributed by atoms with van der Waals surface area (Å²) in [6.07, 6.45) is -0.628. The van der Waals surface area contributed by atoms with Crippen LogP contribution in [0.1, 0.15) is 35.2 Å². The van der Waals surface area contributed by atoms with Crippen LogP contribution >= 0.6 is 22.7 Å². The van der Waals surface area contributed by atoms with Gasteiger partial charge >= 0.3 is 0 Å². The van der Waals surface area contributed by atoms with Crippen LogP contribution in [0.15, 0.2) is 206 Å². The van der Waals surface area contributed by atoms with Crippen molar-refractivity contribution in [1.82, 2.24) is 20.5 Å². The molecule has 4 nitrogen and oxygen atoms in total. The molecule has 3 N–H and O–H groups in total. The highest BCUT2D eigenvalue weighted by Gasteiger charge is 2.33. The number of aromatic nitrogens is 1. The van der Waals surface area contributed by atoms with Gasteiger partial charge in [-0.15, -0.1) is 22.7 Å². The average molecular weight is 845 g/mol. The lowest BCUT2D eigenvalue weighted by molar-refractivity contribution is 0.204. The van der Waals surface area contributed by atoms with Crippen molar-refractivity contribution in [2.75, 3.05) is 0 Å². The molecular weight excluding hydrogens is 805 g/mol. The Labute approximate surface area is 372 Å². The van der Waals surface area contributed by atoms with Crippen LogP contribution < -0.4 is 16.0 Å². The second-order valence-electron chi connectivity index (χ2n) is 16.5. The maximum Gasteiger partial charge on any atom is 0.0885 e. The van der Waals surface area contributed by atoms with E-state index in [2.05, 4.69) is 227 Å². The normalized spacial score (nSPS) is 16.9. The number of benzene rings is 9. The molecule has 0 aliphatic carbocycles. The first-order chi connectivity index (χ1) is 31.2. The van der Waals surface area contributed by atoms with E-state index in [9.17, 15) is 0 Å². The molecule has 0 bridgehead atoms. The zero-order chi connectivity index (χ0) is 41.4. The van der Waals surface area contributed by atoms with E-state index in [1.165, 1.54) is 101 Å². The van der Waals surface area contributed by atoms with E-state index in [0.717, 1.165) is 5.69 Å². The van der Waals surface area contributed by atoms with E-state index >= 15 is 0 Å². The fraction of sp³-hybridized carbons (Fsp3) is 0.0526. The lowest BCUT2D eigenvalue weighted by Gasteiger charge is -2.40. The topological polar surface area (TPSA) is 41.0 Å². The second kappa shape index (κ2) is 14.9. The number of thiophene rings is 2. The Balaban J connectivity index is 1.03. The van der Waals surface area contributed by atoms with Gasteiger partial charge in [0, 0.05) is 52.8 Å². The molecule has 0 spiro atoms. The maximum absolute atomic E-state index is 4.18. The van der Waals surface area contributed by atoms with Gasteiger partial charge in [-0.2, -0.15) is 0 Å². The molecule has 1 fully saturated rings. The summed E-state index contributed by atoms with van der Waals surface area (Å²) in [6, 6.07) is 75.4. The van der Waals surface area contributed by atoms with Crippen LogP contribution in [0.3, 0.4) is 0 Å². The first-order valence-electron chi connectivity index (χ1n) is 21.6. The molecule has 3 unspecified atom stereocenters. The van der Waals surface area contributed by atoms with Crippen LogP contribution in [0, 0.1) is 0 Å². The van der Waals surface area contributed by atoms with Gasteiger partial charge in [0.05, 0.1) is 44.6 Å². The highest BCUT2D eigenvalue weighted by atomic mass is 32.1. The van der Waals surface area contributed by atoms with Crippen molar-refractivity contribution in [3.05, 3.63) is 223 Å². The molecule has 0 amide bonds. The summed E-state index contributed by atoms with van der Waals surface area (Å²) in [7, 11) is 0. The number of hydrogen-bond donors (Lipinski definition) is 3. The van der Waals surface area contributed by atoms with Gasteiger partial charge in [-0.25, -0.2) is 0 Å². The quantitative estimate of drug-likeness (QED) is 0.156. The average Bonchev–Trinajstić information content (AvgIpc) is 4.04. The van der Waals surface area contributed by atoms with Crippen molar-refractivity contribution < 1.29 is 0 Å². The van der Waals surface area contributed by atoms with Crippen molar-refractivity contribution in [2.45, 2.75) is 18.5 Å². The number of para-hydroxylation sites is 3. The Morgan fingerprint density at radius 1 is 0.333 bits per heavy atom. The zero-order valence-electron chi connectivity index (χ0n) is 34.1. The molecule has 6 heteroatoms. The highest BCUT2D eigenvalue weighted by Crippen LogP contribution is 2.48. The number of rotatable bonds is 6. The van der Waals surface area contributed by atoms with E-state index in [1.54, 1.807) is 0 Å². The standard InChI is InChI=1S/C57H40N4S2/c1-3-16-35(17-4-1)37-20-15-21-38(32-37)55-58-56(45-25-9-13-28-50(45)61-48-26-11-7-22-40(48)41-23-8-12-27-49(41)61)60-57(59-55)47-34-39(36-18-5-2-6-19-36)33-46-44-31-30-43-42-24-10-14-29-51(42)62-53(43)54(44)63-52(46)47/h1-34,55-60H. The molecule has 0 radical (unpaired) electrons. The van der Waals surface area contributed by atoms with Gasteiger partial charge < -0.3 is 4.57 Å². The molecule has 13 rings (SSSR count). The molecule has 9 aromatic carbocycles. The summed E-state index contributed by atoms with van der Waals surface area (Å²) in [5, 5.41) is 20.2. The first kappa shape index (κ1) is 36.7. The van der Waals surface area contributed by atoms with Crippen LogP contribution in [-0.2, 0) is 0 Å². The fourth-order valence-electron chi connectivity index (χ4n) is 10.00. The summed E-state index contributed by atoms with van der Waals surface area (Å²) in [5.74, 6) is 0. The molecular formula is C57H40N4S2. The third-order valence-electron chi connectivity index (χ3n) is 12.9. The van der Waals surface area contributed by atoms with E-state index in [-0.39, 0.29) is 18.5 Å². The molecule has 1 aliphatic rings. The van der Waals surface area contributed by atoms with E-state index in [0.29, 0.717) is 0 Å². The van der Waals surface area contributed by atoms with Gasteiger partial charge in [0.15, 0.2) is 0 Å². The minimum atomic E-state index is -0.225. The summed E-state index contributed by atoms with van der Waals surface area (Å²) in [4.78, 5) is 0. The molecule has 3 aromatic heterocycles. The number of hydrogen-bond acceptors (Lipinski definition) is 5. The van der Waals surface area contributed by atoms with Crippen LogP contribution in [0.5, 0.6) is 0 Å². The van der Waals surface area contributed by atoms with Gasteiger partial charge in [0.25, 0.3) is 0 Å². The summed E-state index contributed by atoms with van der Waals surface area (Å²) >= 11 is 3.85. The summed E-state index contributed by atoms with van der Waals surface area (Å²) in [5.41, 5.74) is 11.9. The van der Waals surface area contributed by atoms with Crippen LogP contribution in [0.25, 0.3) is 90.1 Å². The van der Waals surface area contributed by atoms with Gasteiger partial charge in [0.1, 0.15) is 0 Å². The lowest BCUT2D eigenvalue weighted by Crippen LogP contribution is -2.54. The largest absolute Gasteiger partial charge is 0.309 e. The van der Waals surface area contributed by atoms with Gasteiger partial charge in [-0.3, -0.25) is 16.0 Å². The SMILES string of the molecule is c1ccc(-c2cccc(C3NC(c4ccccc4-n4c5ccccc5c5ccccc54)NC(c4cc(-c5ccccc5)cc5c4sc4c5ccc5c6ccccc6sc54)N3)c2)cc1. The van der Waals surface area contributed by atoms with Crippen molar-refractivity contribution in [2.24, 2.45) is 0 Å². The Bertz CT molecular complexity index is 3640. The second-order valence-corrected chi connectivity index (χ2v) is 18.6. The Kier molecular flexibility index (Phi) is 8.68. The first-order valence-corrected chi connectivity index (χ1v) is 23.2. The molecule has 300 valence electrons. The Morgan fingerprint density at radius 3 is 1.63 bits per heavy atom. The fourth-order valence-corrected chi connectivity index (χ4v) is 12.7. The molecule has 4 heterocycles. The number of nitrogens with one attached hydrogen (secondary N) is 3. The van der Waals surface area contributed by atoms with Gasteiger partial charge in [-0.1, -0.05) is 164 Å². The van der Waals surface area contributed by atoms with E-state index in [4.69, 9.17) is 0 Å². The minimum Gasteiger partial charge on any atom is -0.309 e. The molecule has 1 saturated heterocycles. The smallest absolute Gasteiger partial charge is 0.0885 e. The maximum atomic E-state index is 4.18. The van der Waals surface area contributed by atoms with Crippen molar-refractivity contribution >= 4 is 84.8 Å². The number of fused-ring (bicyclic) bond motifs is 10. The molecule has 3 atom stereocenters. The minimum absolute atomic E-state index is 0.185. The third kappa shape index (κ3) is 6.06. The molecule has 12 aromatic rings. The highest BCUT2D eigenvalue weighted by molar-refractivity contribution is 7.33. The van der Waals surface area contributed by atoms with E-state index < -0.39 is 0 Å². The van der Waals surface area contributed by atoms with Gasteiger partial charge in [-0.05, 0) is 70.3 Å². The van der Waals surface area contributed by atoms with E-state index in [1.807, 2.05) is 22.7 Å². The monoisotopic (exact) mass is 844 g/mol. The summed E-state index contributed by atoms with van der Waals surface area (Å²) < 4.78 is 7.79. The summed E-state index contributed by atoms with van der Waals surface area (Å²) in [6.45, 7) is 0. The van der Waals surface area contributed by atoms with Gasteiger partial charge in [0.2, 0.25) is 0 Å². The number of nitrogens with zero attached hydrogens (tertiary/aromatic N) is 1. The van der Waals surface area contributed by atoms with Crippen LogP contribution in [0.4, 0.5) is 0 Å². The van der Waals surface area contributed by atoms with Crippen LogP contribution in [0.2, 0.25) is 0 Å². The predicted molar refractivity (Wildman–Crippen MR) is 268 cm³/mol. The van der Waals surface area contributed by atoms with Crippen LogP contribution in [-0.4, -0.2) is 4.57 Å². The third-order valence-corrected chi connectivity index (χ3v) is 15.5. The molecule has 63 heavy (non-hydrogen) atoms.